The molecule has 4 heteroatoms. The van der Waals surface area contributed by atoms with E-state index in [4.69, 9.17) is 0 Å². The molecule has 1 nitrogen and oxygen atoms in total. The minimum absolute atomic E-state index is 0.0579. The van der Waals surface area contributed by atoms with Gasteiger partial charge in [-0.15, -0.1) is 0 Å². The first kappa shape index (κ1) is 16.5. The zero-order valence-corrected chi connectivity index (χ0v) is 13.9. The van der Waals surface area contributed by atoms with Crippen molar-refractivity contribution in [2.45, 2.75) is 17.9 Å². The lowest BCUT2D eigenvalue weighted by Crippen LogP contribution is -2.04. The Morgan fingerprint density at radius 2 is 1.92 bits per heavy atom. The number of fused-ring (bicyclic) bond motifs is 1. The monoisotopic (exact) mass is 341 g/mol. The number of benzene rings is 2. The van der Waals surface area contributed by atoms with Crippen LogP contribution in [-0.2, 0) is 13.0 Å². The summed E-state index contributed by atoms with van der Waals surface area (Å²) >= 11 is 1.74. The maximum Gasteiger partial charge on any atom is 0.131 e. The highest BCUT2D eigenvalue weighted by Gasteiger charge is 2.16. The fourth-order valence-electron chi connectivity index (χ4n) is 2.52. The minimum atomic E-state index is -0.529. The van der Waals surface area contributed by atoms with Gasteiger partial charge in [-0.2, -0.15) is 0 Å². The number of hydrogen-bond donors (Lipinski definition) is 1. The van der Waals surface area contributed by atoms with Crippen LogP contribution >= 0.6 is 11.8 Å². The van der Waals surface area contributed by atoms with E-state index in [1.807, 2.05) is 30.4 Å². The number of nitrogens with one attached hydrogen (secondary N) is 1. The van der Waals surface area contributed by atoms with Gasteiger partial charge in [0, 0.05) is 29.1 Å². The Bertz CT molecular complexity index is 804. The lowest BCUT2D eigenvalue weighted by Gasteiger charge is -2.09. The van der Waals surface area contributed by atoms with E-state index in [0.29, 0.717) is 0 Å². The van der Waals surface area contributed by atoms with E-state index in [1.165, 1.54) is 33.6 Å². The molecule has 0 saturated heterocycles. The predicted molar refractivity (Wildman–Crippen MR) is 97.1 cm³/mol. The number of anilines is 1. The van der Waals surface area contributed by atoms with Crippen LogP contribution in [0.2, 0.25) is 0 Å². The number of thioether (sulfide) groups is 1. The van der Waals surface area contributed by atoms with Crippen LogP contribution in [0.5, 0.6) is 0 Å². The van der Waals surface area contributed by atoms with Gasteiger partial charge in [0.15, 0.2) is 0 Å². The Hall–Kier alpha value is -2.33. The van der Waals surface area contributed by atoms with Crippen LogP contribution in [0.3, 0.4) is 0 Å². The van der Waals surface area contributed by atoms with Crippen LogP contribution in [0.1, 0.15) is 11.1 Å². The first-order chi connectivity index (χ1) is 11.7. The molecule has 0 amide bonds. The molecule has 0 aromatic heterocycles. The number of rotatable bonds is 5. The third-order valence-corrected chi connectivity index (χ3v) is 4.89. The molecule has 0 saturated carbocycles. The molecule has 3 rings (SSSR count). The molecule has 2 aromatic carbocycles. The molecule has 0 fully saturated rings. The van der Waals surface area contributed by atoms with Gasteiger partial charge in [0.25, 0.3) is 0 Å². The van der Waals surface area contributed by atoms with E-state index in [9.17, 15) is 8.78 Å². The predicted octanol–water partition coefficient (Wildman–Crippen LogP) is 5.85. The first-order valence-electron chi connectivity index (χ1n) is 7.63. The maximum atomic E-state index is 13.7. The summed E-state index contributed by atoms with van der Waals surface area (Å²) in [5.74, 6) is -1.06. The van der Waals surface area contributed by atoms with E-state index in [1.54, 1.807) is 17.8 Å². The van der Waals surface area contributed by atoms with E-state index in [0.717, 1.165) is 12.1 Å². The summed E-state index contributed by atoms with van der Waals surface area (Å²) < 4.78 is 27.3. The standard InChI is InChI=1S/C20H17F2NS/c1-2-3-4-6-16-12-14-11-15(9-10-20(14)24-16)23-13-17-18(21)7-5-8-19(17)22/h2-11,23H,1,12-13H2/b4-3-,16-6+. The summed E-state index contributed by atoms with van der Waals surface area (Å²) in [5, 5.41) is 3.10. The highest BCUT2D eigenvalue weighted by molar-refractivity contribution is 8.03. The molecule has 0 radical (unpaired) electrons. The second-order valence-electron chi connectivity index (χ2n) is 5.41. The average molecular weight is 341 g/mol. The molecule has 0 unspecified atom stereocenters. The van der Waals surface area contributed by atoms with Crippen molar-refractivity contribution in [3.63, 3.8) is 0 Å². The van der Waals surface area contributed by atoms with Crippen molar-refractivity contribution >= 4 is 17.4 Å². The molecule has 1 heterocycles. The number of hydrogen-bond acceptors (Lipinski definition) is 2. The molecule has 24 heavy (non-hydrogen) atoms. The van der Waals surface area contributed by atoms with E-state index < -0.39 is 11.6 Å². The van der Waals surface area contributed by atoms with Crippen molar-refractivity contribution in [3.8, 4) is 0 Å². The fourth-order valence-corrected chi connectivity index (χ4v) is 3.57. The van der Waals surface area contributed by atoms with E-state index >= 15 is 0 Å². The summed E-state index contributed by atoms with van der Waals surface area (Å²) in [5.41, 5.74) is 2.14. The zero-order chi connectivity index (χ0) is 16.9. The van der Waals surface area contributed by atoms with Gasteiger partial charge in [-0.05, 0) is 40.8 Å². The summed E-state index contributed by atoms with van der Waals surface area (Å²) in [4.78, 5) is 2.48. The average Bonchev–Trinajstić information content (AvgIpc) is 2.96. The molecular formula is C20H17F2NS. The molecule has 0 aliphatic carbocycles. The second kappa shape index (κ2) is 7.49. The normalized spacial score (nSPS) is 15.0. The Morgan fingerprint density at radius 3 is 2.67 bits per heavy atom. The minimum Gasteiger partial charge on any atom is -0.381 e. The molecule has 0 bridgehead atoms. The quantitative estimate of drug-likeness (QED) is 0.685. The van der Waals surface area contributed by atoms with Crippen molar-refractivity contribution in [1.29, 1.82) is 0 Å². The number of halogens is 2. The molecule has 122 valence electrons. The molecule has 1 aliphatic heterocycles. The third kappa shape index (κ3) is 3.77. The van der Waals surface area contributed by atoms with E-state index in [-0.39, 0.29) is 12.1 Å². The topological polar surface area (TPSA) is 12.0 Å². The Labute approximate surface area is 144 Å². The smallest absolute Gasteiger partial charge is 0.131 e. The summed E-state index contributed by atoms with van der Waals surface area (Å²) in [6, 6.07) is 9.93. The third-order valence-electron chi connectivity index (χ3n) is 3.73. The van der Waals surface area contributed by atoms with E-state index in [2.05, 4.69) is 18.0 Å². The van der Waals surface area contributed by atoms with Crippen molar-refractivity contribution in [2.75, 3.05) is 5.32 Å². The molecule has 0 spiro atoms. The van der Waals surface area contributed by atoms with Gasteiger partial charge < -0.3 is 5.32 Å². The van der Waals surface area contributed by atoms with Crippen LogP contribution in [0, 0.1) is 11.6 Å². The van der Waals surface area contributed by atoms with Gasteiger partial charge in [-0.3, -0.25) is 0 Å². The Balaban J connectivity index is 1.70. The van der Waals surface area contributed by atoms with Crippen molar-refractivity contribution < 1.29 is 8.78 Å². The van der Waals surface area contributed by atoms with Crippen LogP contribution in [0.25, 0.3) is 0 Å². The molecular weight excluding hydrogens is 324 g/mol. The molecule has 1 N–H and O–H groups in total. The SMILES string of the molecule is C=C/C=C\C=C1/Cc2cc(NCc3c(F)cccc3F)ccc2S1. The highest BCUT2D eigenvalue weighted by Crippen LogP contribution is 2.41. The Kier molecular flexibility index (Phi) is 5.16. The largest absolute Gasteiger partial charge is 0.381 e. The van der Waals surface area contributed by atoms with Gasteiger partial charge in [0.1, 0.15) is 11.6 Å². The second-order valence-corrected chi connectivity index (χ2v) is 6.58. The van der Waals surface area contributed by atoms with Gasteiger partial charge in [-0.1, -0.05) is 48.7 Å². The molecule has 0 atom stereocenters. The summed E-state index contributed by atoms with van der Waals surface area (Å²) in [6.45, 7) is 3.77. The van der Waals surface area contributed by atoms with Gasteiger partial charge in [0.2, 0.25) is 0 Å². The highest BCUT2D eigenvalue weighted by atomic mass is 32.2. The van der Waals surface area contributed by atoms with Gasteiger partial charge >= 0.3 is 0 Å². The van der Waals surface area contributed by atoms with Crippen LogP contribution < -0.4 is 5.32 Å². The van der Waals surface area contributed by atoms with Gasteiger partial charge in [0.05, 0.1) is 0 Å². The van der Waals surface area contributed by atoms with Crippen LogP contribution in [0.4, 0.5) is 14.5 Å². The number of allylic oxidation sites excluding steroid dienone is 5. The zero-order valence-electron chi connectivity index (χ0n) is 13.1. The van der Waals surface area contributed by atoms with Crippen LogP contribution in [-0.4, -0.2) is 0 Å². The van der Waals surface area contributed by atoms with Crippen molar-refractivity contribution in [1.82, 2.24) is 0 Å². The Morgan fingerprint density at radius 1 is 1.12 bits per heavy atom. The summed E-state index contributed by atoms with van der Waals surface area (Å²) in [6.07, 6.45) is 8.56. The fraction of sp³-hybridized carbons (Fsp3) is 0.100. The lowest BCUT2D eigenvalue weighted by atomic mass is 10.1. The van der Waals surface area contributed by atoms with Crippen LogP contribution in [0.15, 0.2) is 77.1 Å². The molecule has 2 aromatic rings. The first-order valence-corrected chi connectivity index (χ1v) is 8.45. The maximum absolute atomic E-state index is 13.7. The van der Waals surface area contributed by atoms with Crippen molar-refractivity contribution in [3.05, 3.63) is 94.9 Å². The summed E-state index contributed by atoms with van der Waals surface area (Å²) in [7, 11) is 0. The van der Waals surface area contributed by atoms with Gasteiger partial charge in [-0.25, -0.2) is 8.78 Å². The molecule has 1 aliphatic rings. The lowest BCUT2D eigenvalue weighted by molar-refractivity contribution is 0.560. The van der Waals surface area contributed by atoms with Crippen molar-refractivity contribution in [2.24, 2.45) is 0 Å².